The highest BCUT2D eigenvalue weighted by atomic mass is 16.6. The molecule has 0 fully saturated rings. The summed E-state index contributed by atoms with van der Waals surface area (Å²) in [5.41, 5.74) is 2.03. The second kappa shape index (κ2) is 16.0. The van der Waals surface area contributed by atoms with E-state index in [4.69, 9.17) is 28.4 Å². The van der Waals surface area contributed by atoms with Gasteiger partial charge in [0.15, 0.2) is 54.2 Å². The van der Waals surface area contributed by atoms with E-state index >= 15 is 0 Å². The molecule has 0 saturated heterocycles. The van der Waals surface area contributed by atoms with Gasteiger partial charge in [-0.05, 0) is 60.7 Å². The van der Waals surface area contributed by atoms with Crippen LogP contribution in [0.4, 0.5) is 11.4 Å². The van der Waals surface area contributed by atoms with Crippen molar-refractivity contribution in [2.45, 2.75) is 18.3 Å². The van der Waals surface area contributed by atoms with Gasteiger partial charge in [-0.2, -0.15) is 0 Å². The highest BCUT2D eigenvalue weighted by molar-refractivity contribution is 6.04. The lowest BCUT2D eigenvalue weighted by molar-refractivity contribution is -0.126. The smallest absolute Gasteiger partial charge is 0.262 e. The number of hydrogen-bond acceptors (Lipinski definition) is 12. The van der Waals surface area contributed by atoms with Gasteiger partial charge < -0.3 is 54.4 Å². The number of Topliss-reactive ketones (excluding diaryl/α,β-unsaturated/α-hetero) is 1. The molecule has 0 radical (unpaired) electrons. The molecule has 4 atom stereocenters. The van der Waals surface area contributed by atoms with Gasteiger partial charge in [0.2, 0.25) is 11.5 Å². The zero-order chi connectivity index (χ0) is 38.5. The molecule has 7 rings (SSSR count). The van der Waals surface area contributed by atoms with Crippen molar-refractivity contribution in [1.29, 1.82) is 0 Å². The maximum Gasteiger partial charge on any atom is 0.262 e. The van der Waals surface area contributed by atoms with E-state index in [0.29, 0.717) is 28.4 Å². The Morgan fingerprint density at radius 1 is 0.764 bits per heavy atom. The van der Waals surface area contributed by atoms with Crippen LogP contribution < -0.4 is 29.6 Å². The van der Waals surface area contributed by atoms with Crippen LogP contribution in [0.3, 0.4) is 0 Å². The summed E-state index contributed by atoms with van der Waals surface area (Å²) in [7, 11) is 1.45. The highest BCUT2D eigenvalue weighted by Crippen LogP contribution is 2.44. The van der Waals surface area contributed by atoms with Gasteiger partial charge in [0, 0.05) is 28.6 Å². The van der Waals surface area contributed by atoms with Crippen molar-refractivity contribution >= 4 is 34.7 Å². The number of methoxy groups -OCH3 is 1. The van der Waals surface area contributed by atoms with Gasteiger partial charge in [-0.15, -0.1) is 0 Å². The Balaban J connectivity index is 1.06. The molecule has 5 N–H and O–H groups in total. The van der Waals surface area contributed by atoms with Crippen LogP contribution in [0.5, 0.6) is 23.0 Å². The summed E-state index contributed by atoms with van der Waals surface area (Å²) in [4.78, 5) is 38.2. The molecule has 4 aromatic rings. The van der Waals surface area contributed by atoms with E-state index in [1.807, 2.05) is 12.1 Å². The van der Waals surface area contributed by atoms with E-state index in [2.05, 4.69) is 10.6 Å². The third-order valence-corrected chi connectivity index (χ3v) is 8.87. The van der Waals surface area contributed by atoms with E-state index in [0.717, 1.165) is 0 Å². The first-order chi connectivity index (χ1) is 26.7. The van der Waals surface area contributed by atoms with E-state index in [9.17, 15) is 29.7 Å². The number of ketones is 1. The number of amides is 2. The molecule has 0 aromatic heterocycles. The fourth-order valence-electron chi connectivity index (χ4n) is 6.24. The number of ether oxygens (including phenoxy) is 6. The topological polar surface area (TPSA) is 191 Å². The maximum atomic E-state index is 13.3. The molecule has 1 aliphatic carbocycles. The number of carbonyl (C=O) groups excluding carboxylic acids is 3. The standard InChI is InChI=1S/C41H36N2O12/c1-50-31-16-23(12-14-29(31)52-22-36(47)43-26-10-6-3-7-11-26)40-34(20-44)53-30-15-13-24(17-32(30)54-40)41-39(49)38(48)37-28(45)18-27(19-33(37)55-41)51-21-35(46)42-25-8-4-2-5-9-25/h2-19,33-34,37,40,44-45,49H,20-22H2,1H3,(H,42,46)(H,43,47). The van der Waals surface area contributed by atoms with Crippen molar-refractivity contribution < 1.29 is 58.1 Å². The van der Waals surface area contributed by atoms with E-state index < -0.39 is 54.0 Å². The van der Waals surface area contributed by atoms with Crippen LogP contribution in [0.15, 0.2) is 126 Å². The molecule has 2 heterocycles. The Hall–Kier alpha value is -6.93. The Morgan fingerprint density at radius 2 is 1.44 bits per heavy atom. The average molecular weight is 749 g/mol. The second-order valence-corrected chi connectivity index (χ2v) is 12.6. The zero-order valence-corrected chi connectivity index (χ0v) is 29.3. The van der Waals surface area contributed by atoms with Crippen LogP contribution in [0.2, 0.25) is 0 Å². The molecular formula is C41H36N2O12. The van der Waals surface area contributed by atoms with Crippen molar-refractivity contribution in [3.63, 3.8) is 0 Å². The van der Waals surface area contributed by atoms with Crippen molar-refractivity contribution in [3.05, 3.63) is 138 Å². The molecular weight excluding hydrogens is 712 g/mol. The summed E-state index contributed by atoms with van der Waals surface area (Å²) in [6.45, 7) is -1.06. The zero-order valence-electron chi connectivity index (χ0n) is 29.3. The number of aliphatic hydroxyl groups excluding tert-OH is 3. The SMILES string of the molecule is COc1cc(C2Oc3cc(C4=C(O)C(=O)C5C(O)=CC(OCC(=O)Nc6ccccc6)=CC5O4)ccc3OC2CO)ccc1OCC(=O)Nc1ccccc1. The molecule has 2 aliphatic heterocycles. The first-order valence-corrected chi connectivity index (χ1v) is 17.2. The molecule has 14 nitrogen and oxygen atoms in total. The van der Waals surface area contributed by atoms with E-state index in [-0.39, 0.29) is 47.7 Å². The molecule has 2 amide bonds. The van der Waals surface area contributed by atoms with Crippen molar-refractivity contribution in [2.75, 3.05) is 37.6 Å². The third kappa shape index (κ3) is 8.04. The summed E-state index contributed by atoms with van der Waals surface area (Å²) in [6, 6.07) is 27.3. The molecule has 0 saturated carbocycles. The number of nitrogens with one attached hydrogen (secondary N) is 2. The summed E-state index contributed by atoms with van der Waals surface area (Å²) in [6.07, 6.45) is -0.106. The van der Waals surface area contributed by atoms with Crippen LogP contribution in [0, 0.1) is 5.92 Å². The van der Waals surface area contributed by atoms with Crippen molar-refractivity contribution in [3.8, 4) is 23.0 Å². The molecule has 14 heteroatoms. The van der Waals surface area contributed by atoms with Gasteiger partial charge in [-0.3, -0.25) is 14.4 Å². The quantitative estimate of drug-likeness (QED) is 0.124. The van der Waals surface area contributed by atoms with Gasteiger partial charge in [0.1, 0.15) is 23.5 Å². The summed E-state index contributed by atoms with van der Waals surface area (Å²) in [5, 5.41) is 37.4. The minimum atomic E-state index is -1.23. The number of para-hydroxylation sites is 2. The van der Waals surface area contributed by atoms with Crippen LogP contribution in [-0.4, -0.2) is 72.1 Å². The van der Waals surface area contributed by atoms with Crippen LogP contribution in [0.25, 0.3) is 5.76 Å². The van der Waals surface area contributed by atoms with Gasteiger partial charge in [-0.25, -0.2) is 0 Å². The van der Waals surface area contributed by atoms with Crippen LogP contribution >= 0.6 is 0 Å². The molecule has 4 unspecified atom stereocenters. The summed E-state index contributed by atoms with van der Waals surface area (Å²) in [5.74, 6) is -2.89. The molecule has 282 valence electrons. The fraction of sp³-hybridized carbons (Fsp3) is 0.195. The monoisotopic (exact) mass is 748 g/mol. The highest BCUT2D eigenvalue weighted by Gasteiger charge is 2.44. The van der Waals surface area contributed by atoms with Gasteiger partial charge >= 0.3 is 0 Å². The largest absolute Gasteiger partial charge is 0.511 e. The van der Waals surface area contributed by atoms with E-state index in [1.165, 1.54) is 25.3 Å². The predicted octanol–water partition coefficient (Wildman–Crippen LogP) is 5.39. The number of aliphatic hydroxyl groups is 3. The van der Waals surface area contributed by atoms with Crippen LogP contribution in [-0.2, 0) is 23.9 Å². The Kier molecular flexibility index (Phi) is 10.6. The third-order valence-electron chi connectivity index (χ3n) is 8.87. The van der Waals surface area contributed by atoms with Gasteiger partial charge in [0.25, 0.3) is 11.8 Å². The molecule has 4 aromatic carbocycles. The fourth-order valence-corrected chi connectivity index (χ4v) is 6.24. The van der Waals surface area contributed by atoms with E-state index in [1.54, 1.807) is 78.9 Å². The Labute approximate surface area is 314 Å². The average Bonchev–Trinajstić information content (AvgIpc) is 3.20. The number of benzene rings is 4. The lowest BCUT2D eigenvalue weighted by Gasteiger charge is -2.35. The number of allylic oxidation sites excluding steroid dienone is 2. The normalized spacial score (nSPS) is 19.9. The molecule has 0 bridgehead atoms. The first-order valence-electron chi connectivity index (χ1n) is 17.2. The number of hydrogen-bond donors (Lipinski definition) is 5. The number of fused-ring (bicyclic) bond motifs is 2. The number of rotatable bonds is 12. The summed E-state index contributed by atoms with van der Waals surface area (Å²) >= 11 is 0. The minimum Gasteiger partial charge on any atom is -0.511 e. The number of anilines is 2. The second-order valence-electron chi connectivity index (χ2n) is 12.6. The molecule has 0 spiro atoms. The van der Waals surface area contributed by atoms with Crippen molar-refractivity contribution in [1.82, 2.24) is 0 Å². The van der Waals surface area contributed by atoms with Gasteiger partial charge in [0.05, 0.1) is 13.7 Å². The minimum absolute atomic E-state index is 0.0952. The lowest BCUT2D eigenvalue weighted by atomic mass is 9.86. The predicted molar refractivity (Wildman–Crippen MR) is 198 cm³/mol. The van der Waals surface area contributed by atoms with Gasteiger partial charge in [-0.1, -0.05) is 42.5 Å². The number of carbonyl (C=O) groups is 3. The van der Waals surface area contributed by atoms with Crippen LogP contribution in [0.1, 0.15) is 17.2 Å². The molecule has 3 aliphatic rings. The first kappa shape index (κ1) is 36.4. The Morgan fingerprint density at radius 3 is 2.09 bits per heavy atom. The summed E-state index contributed by atoms with van der Waals surface area (Å²) < 4.78 is 35.4. The maximum absolute atomic E-state index is 13.3. The molecule has 55 heavy (non-hydrogen) atoms. The van der Waals surface area contributed by atoms with Crippen molar-refractivity contribution in [2.24, 2.45) is 5.92 Å². The Bertz CT molecular complexity index is 2180. The lowest BCUT2D eigenvalue weighted by Crippen LogP contribution is -2.38.